The molecule has 0 unspecified atom stereocenters. The van der Waals surface area contributed by atoms with Crippen LogP contribution in [0.5, 0.6) is 0 Å². The van der Waals surface area contributed by atoms with Crippen LogP contribution in [0.25, 0.3) is 10.9 Å². The fourth-order valence-electron chi connectivity index (χ4n) is 4.22. The van der Waals surface area contributed by atoms with Crippen molar-refractivity contribution in [2.75, 3.05) is 19.6 Å². The van der Waals surface area contributed by atoms with Gasteiger partial charge in [0.25, 0.3) is 0 Å². The molecular weight excluding hydrogens is 467 g/mol. The smallest absolute Gasteiger partial charge is 0.361 e. The Morgan fingerprint density at radius 2 is 1.61 bits per heavy atom. The molecule has 0 spiro atoms. The molecule has 2 amide bonds. The molecule has 194 valence electrons. The zero-order valence-electron chi connectivity index (χ0n) is 20.9. The van der Waals surface area contributed by atoms with Gasteiger partial charge < -0.3 is 14.8 Å². The topological polar surface area (TPSA) is 56.4 Å². The highest BCUT2D eigenvalue weighted by atomic mass is 19.4. The first kappa shape index (κ1) is 27.3. The van der Waals surface area contributed by atoms with Gasteiger partial charge in [-0.2, -0.15) is 13.2 Å². The second kappa shape index (κ2) is 12.6. The van der Waals surface area contributed by atoms with Gasteiger partial charge in [-0.3, -0.25) is 9.59 Å². The number of rotatable bonds is 12. The Morgan fingerprint density at radius 3 is 2.28 bits per heavy atom. The minimum Gasteiger partial charge on any atom is -0.361 e. The largest absolute Gasteiger partial charge is 0.416 e. The minimum atomic E-state index is -4.41. The van der Waals surface area contributed by atoms with Crippen molar-refractivity contribution < 1.29 is 22.8 Å². The molecule has 3 aromatic rings. The number of nitrogens with one attached hydrogen (secondary N) is 1. The number of nitrogens with zero attached hydrogens (tertiary/aromatic N) is 2. The van der Waals surface area contributed by atoms with Crippen molar-refractivity contribution in [2.24, 2.45) is 0 Å². The summed E-state index contributed by atoms with van der Waals surface area (Å²) in [6.45, 7) is 4.98. The van der Waals surface area contributed by atoms with Crippen LogP contribution in [0.15, 0.2) is 54.7 Å². The standard InChI is InChI=1S/C28H34F3N3O2/c1-3-5-10-26(35)33(16-4-2)20-27(36)34(19-21-11-13-23(14-12-21)28(29,30)31)17-15-22-18-32-25-9-7-6-8-24(22)25/h6-9,11-14,18,32H,3-5,10,15-17,19-20H2,1-2H3. The van der Waals surface area contributed by atoms with E-state index in [1.54, 1.807) is 9.80 Å². The molecule has 3 rings (SSSR count). The number of carbonyl (C=O) groups is 2. The number of hydrogen-bond donors (Lipinski definition) is 1. The Bertz CT molecular complexity index is 1140. The van der Waals surface area contributed by atoms with Gasteiger partial charge in [0.05, 0.1) is 12.1 Å². The van der Waals surface area contributed by atoms with Crippen molar-refractivity contribution in [1.29, 1.82) is 0 Å². The van der Waals surface area contributed by atoms with Crippen LogP contribution in [0.4, 0.5) is 13.2 Å². The van der Waals surface area contributed by atoms with Gasteiger partial charge in [0.15, 0.2) is 0 Å². The number of unbranched alkanes of at least 4 members (excludes halogenated alkanes) is 1. The predicted octanol–water partition coefficient (Wildman–Crippen LogP) is 6.19. The van der Waals surface area contributed by atoms with Crippen LogP contribution in [-0.4, -0.2) is 46.2 Å². The SMILES string of the molecule is CCCCC(=O)N(CCC)CC(=O)N(CCc1c[nH]c2ccccc12)Cc1ccc(C(F)(F)F)cc1. The molecule has 0 atom stereocenters. The first-order valence-electron chi connectivity index (χ1n) is 12.5. The van der Waals surface area contributed by atoms with E-state index < -0.39 is 11.7 Å². The van der Waals surface area contributed by atoms with Gasteiger partial charge in [-0.1, -0.05) is 50.6 Å². The fourth-order valence-corrected chi connectivity index (χ4v) is 4.22. The number of aromatic nitrogens is 1. The number of amides is 2. The van der Waals surface area contributed by atoms with Crippen molar-refractivity contribution >= 4 is 22.7 Å². The van der Waals surface area contributed by atoms with E-state index in [1.165, 1.54) is 12.1 Å². The summed E-state index contributed by atoms with van der Waals surface area (Å²) in [6.07, 6.45) is 0.880. The molecule has 8 heteroatoms. The van der Waals surface area contributed by atoms with E-state index >= 15 is 0 Å². The van der Waals surface area contributed by atoms with Crippen LogP contribution in [0, 0.1) is 0 Å². The molecule has 0 radical (unpaired) electrons. The van der Waals surface area contributed by atoms with E-state index in [1.807, 2.05) is 44.3 Å². The summed E-state index contributed by atoms with van der Waals surface area (Å²) in [5, 5.41) is 1.07. The Hall–Kier alpha value is -3.29. The number of alkyl halides is 3. The lowest BCUT2D eigenvalue weighted by Gasteiger charge is -2.28. The highest BCUT2D eigenvalue weighted by molar-refractivity contribution is 5.85. The van der Waals surface area contributed by atoms with Gasteiger partial charge in [0.2, 0.25) is 11.8 Å². The molecule has 5 nitrogen and oxygen atoms in total. The number of H-pyrrole nitrogens is 1. The first-order valence-corrected chi connectivity index (χ1v) is 12.5. The van der Waals surface area contributed by atoms with Crippen LogP contribution in [0.2, 0.25) is 0 Å². The number of fused-ring (bicyclic) bond motifs is 1. The summed E-state index contributed by atoms with van der Waals surface area (Å²) in [5.74, 6) is -0.258. The summed E-state index contributed by atoms with van der Waals surface area (Å²) in [4.78, 5) is 32.6. The summed E-state index contributed by atoms with van der Waals surface area (Å²) in [7, 11) is 0. The highest BCUT2D eigenvalue weighted by Gasteiger charge is 2.30. The van der Waals surface area contributed by atoms with Gasteiger partial charge in [0.1, 0.15) is 0 Å². The molecular formula is C28H34F3N3O2. The predicted molar refractivity (Wildman–Crippen MR) is 135 cm³/mol. The first-order chi connectivity index (χ1) is 17.2. The lowest BCUT2D eigenvalue weighted by molar-refractivity contribution is -0.141. The summed E-state index contributed by atoms with van der Waals surface area (Å²) >= 11 is 0. The third-order valence-electron chi connectivity index (χ3n) is 6.25. The number of carbonyl (C=O) groups excluding carboxylic acids is 2. The van der Waals surface area contributed by atoms with E-state index in [2.05, 4.69) is 4.98 Å². The van der Waals surface area contributed by atoms with Crippen molar-refractivity contribution in [1.82, 2.24) is 14.8 Å². The third kappa shape index (κ3) is 7.35. The monoisotopic (exact) mass is 501 g/mol. The van der Waals surface area contributed by atoms with Crippen molar-refractivity contribution in [3.05, 3.63) is 71.4 Å². The fraction of sp³-hybridized carbons (Fsp3) is 0.429. The van der Waals surface area contributed by atoms with Crippen LogP contribution >= 0.6 is 0 Å². The molecule has 1 aromatic heterocycles. The Morgan fingerprint density at radius 1 is 0.889 bits per heavy atom. The van der Waals surface area contributed by atoms with Crippen molar-refractivity contribution in [2.45, 2.75) is 58.7 Å². The maximum Gasteiger partial charge on any atom is 0.416 e. The van der Waals surface area contributed by atoms with E-state index in [0.717, 1.165) is 47.9 Å². The van der Waals surface area contributed by atoms with Crippen LogP contribution in [-0.2, 0) is 28.7 Å². The van der Waals surface area contributed by atoms with Crippen molar-refractivity contribution in [3.63, 3.8) is 0 Å². The number of halogens is 3. The molecule has 0 aliphatic heterocycles. The van der Waals surface area contributed by atoms with Crippen LogP contribution in [0.1, 0.15) is 56.2 Å². The molecule has 0 saturated carbocycles. The van der Waals surface area contributed by atoms with Gasteiger partial charge in [0, 0.05) is 43.2 Å². The van der Waals surface area contributed by atoms with Gasteiger partial charge in [-0.05, 0) is 48.6 Å². The second-order valence-electron chi connectivity index (χ2n) is 9.04. The summed E-state index contributed by atoms with van der Waals surface area (Å²) in [5.41, 5.74) is 1.94. The number of hydrogen-bond acceptors (Lipinski definition) is 2. The van der Waals surface area contributed by atoms with Crippen LogP contribution < -0.4 is 0 Å². The zero-order valence-corrected chi connectivity index (χ0v) is 20.9. The molecule has 0 saturated heterocycles. The van der Waals surface area contributed by atoms with Gasteiger partial charge in [-0.15, -0.1) is 0 Å². The summed E-state index contributed by atoms with van der Waals surface area (Å²) in [6, 6.07) is 12.8. The Balaban J connectivity index is 1.78. The van der Waals surface area contributed by atoms with E-state index in [0.29, 0.717) is 31.5 Å². The van der Waals surface area contributed by atoms with Gasteiger partial charge >= 0.3 is 6.18 Å². The second-order valence-corrected chi connectivity index (χ2v) is 9.04. The summed E-state index contributed by atoms with van der Waals surface area (Å²) < 4.78 is 39.0. The number of para-hydroxylation sites is 1. The molecule has 1 heterocycles. The molecule has 1 N–H and O–H groups in total. The molecule has 0 bridgehead atoms. The molecule has 0 fully saturated rings. The lowest BCUT2D eigenvalue weighted by Crippen LogP contribution is -2.43. The average Bonchev–Trinajstić information content (AvgIpc) is 3.27. The van der Waals surface area contributed by atoms with E-state index in [4.69, 9.17) is 0 Å². The molecule has 2 aromatic carbocycles. The minimum absolute atomic E-state index is 0.0368. The quantitative estimate of drug-likeness (QED) is 0.322. The van der Waals surface area contributed by atoms with E-state index in [9.17, 15) is 22.8 Å². The number of aromatic amines is 1. The third-order valence-corrected chi connectivity index (χ3v) is 6.25. The highest BCUT2D eigenvalue weighted by Crippen LogP contribution is 2.29. The average molecular weight is 502 g/mol. The number of benzene rings is 2. The normalized spacial score (nSPS) is 11.6. The van der Waals surface area contributed by atoms with Crippen molar-refractivity contribution in [3.8, 4) is 0 Å². The van der Waals surface area contributed by atoms with E-state index in [-0.39, 0.29) is 24.9 Å². The lowest BCUT2D eigenvalue weighted by atomic mass is 10.1. The Kier molecular flexibility index (Phi) is 9.56. The van der Waals surface area contributed by atoms with Crippen LogP contribution in [0.3, 0.4) is 0 Å². The Labute approximate surface area is 210 Å². The zero-order chi connectivity index (χ0) is 26.1. The molecule has 36 heavy (non-hydrogen) atoms. The maximum atomic E-state index is 13.4. The molecule has 0 aliphatic rings. The van der Waals surface area contributed by atoms with Gasteiger partial charge in [-0.25, -0.2) is 0 Å². The molecule has 0 aliphatic carbocycles. The maximum absolute atomic E-state index is 13.4.